The molecule has 0 radical (unpaired) electrons. The molecule has 0 unspecified atom stereocenters. The molecule has 0 bridgehead atoms. The standard InChI is InChI=1S/C14H13ClN2O2S/c1-9-12(15)14(20-8-11(18)19-2)17-13(16-9)10-6-4-3-5-7-10/h3-7H,8H2,1-2H3. The molecule has 20 heavy (non-hydrogen) atoms. The molecular formula is C14H13ClN2O2S. The van der Waals surface area contributed by atoms with Gasteiger partial charge < -0.3 is 4.74 Å². The number of carbonyl (C=O) groups is 1. The van der Waals surface area contributed by atoms with Gasteiger partial charge in [0.05, 0.1) is 23.6 Å². The number of hydrogen-bond acceptors (Lipinski definition) is 5. The molecule has 0 N–H and O–H groups in total. The van der Waals surface area contributed by atoms with Crippen LogP contribution in [0.25, 0.3) is 11.4 Å². The zero-order valence-electron chi connectivity index (χ0n) is 11.1. The van der Waals surface area contributed by atoms with Crippen LogP contribution in [0.15, 0.2) is 35.4 Å². The van der Waals surface area contributed by atoms with Gasteiger partial charge in [-0.3, -0.25) is 4.79 Å². The maximum absolute atomic E-state index is 11.2. The number of hydrogen-bond donors (Lipinski definition) is 0. The van der Waals surface area contributed by atoms with Crippen molar-refractivity contribution in [1.29, 1.82) is 0 Å². The lowest BCUT2D eigenvalue weighted by atomic mass is 10.2. The molecule has 1 aromatic carbocycles. The highest BCUT2D eigenvalue weighted by molar-refractivity contribution is 8.00. The highest BCUT2D eigenvalue weighted by Gasteiger charge is 2.13. The van der Waals surface area contributed by atoms with Gasteiger partial charge in [-0.25, -0.2) is 9.97 Å². The third-order valence-electron chi connectivity index (χ3n) is 2.57. The van der Waals surface area contributed by atoms with Crippen LogP contribution in [-0.4, -0.2) is 28.8 Å². The Morgan fingerprint density at radius 3 is 2.65 bits per heavy atom. The lowest BCUT2D eigenvalue weighted by molar-refractivity contribution is -0.137. The molecule has 0 saturated heterocycles. The molecule has 1 aromatic heterocycles. The van der Waals surface area contributed by atoms with E-state index >= 15 is 0 Å². The van der Waals surface area contributed by atoms with Crippen molar-refractivity contribution in [3.63, 3.8) is 0 Å². The predicted octanol–water partition coefficient (Wildman–Crippen LogP) is 3.37. The SMILES string of the molecule is COC(=O)CSc1nc(-c2ccccc2)nc(C)c1Cl. The highest BCUT2D eigenvalue weighted by Crippen LogP contribution is 2.29. The lowest BCUT2D eigenvalue weighted by Crippen LogP contribution is -2.04. The number of esters is 1. The van der Waals surface area contributed by atoms with Crippen molar-refractivity contribution in [2.75, 3.05) is 12.9 Å². The summed E-state index contributed by atoms with van der Waals surface area (Å²) in [6, 6.07) is 9.63. The topological polar surface area (TPSA) is 52.1 Å². The van der Waals surface area contributed by atoms with E-state index in [-0.39, 0.29) is 11.7 Å². The minimum absolute atomic E-state index is 0.168. The zero-order valence-corrected chi connectivity index (χ0v) is 12.7. The van der Waals surface area contributed by atoms with Crippen molar-refractivity contribution in [3.05, 3.63) is 41.0 Å². The van der Waals surface area contributed by atoms with Gasteiger partial charge in [-0.15, -0.1) is 0 Å². The molecule has 0 amide bonds. The molecule has 104 valence electrons. The average molecular weight is 309 g/mol. The fourth-order valence-electron chi connectivity index (χ4n) is 1.53. The summed E-state index contributed by atoms with van der Waals surface area (Å²) in [7, 11) is 1.35. The highest BCUT2D eigenvalue weighted by atomic mass is 35.5. The minimum Gasteiger partial charge on any atom is -0.468 e. The zero-order chi connectivity index (χ0) is 14.5. The summed E-state index contributed by atoms with van der Waals surface area (Å²) in [6.45, 7) is 1.82. The number of thioether (sulfide) groups is 1. The Kier molecular flexibility index (Phi) is 4.98. The summed E-state index contributed by atoms with van der Waals surface area (Å²) in [4.78, 5) is 20.0. The number of halogens is 1. The molecule has 0 atom stereocenters. The van der Waals surface area contributed by atoms with Gasteiger partial charge in [0.25, 0.3) is 0 Å². The Labute approximate surface area is 126 Å². The van der Waals surface area contributed by atoms with Crippen molar-refractivity contribution < 1.29 is 9.53 Å². The van der Waals surface area contributed by atoms with Crippen LogP contribution in [0.5, 0.6) is 0 Å². The van der Waals surface area contributed by atoms with E-state index in [9.17, 15) is 4.79 Å². The van der Waals surface area contributed by atoms with Crippen LogP contribution < -0.4 is 0 Å². The number of nitrogens with zero attached hydrogens (tertiary/aromatic N) is 2. The Bertz CT molecular complexity index is 620. The van der Waals surface area contributed by atoms with Crippen LogP contribution in [0, 0.1) is 6.92 Å². The monoisotopic (exact) mass is 308 g/mol. The van der Waals surface area contributed by atoms with Gasteiger partial charge >= 0.3 is 5.97 Å². The van der Waals surface area contributed by atoms with Crippen LogP contribution in [0.3, 0.4) is 0 Å². The van der Waals surface area contributed by atoms with E-state index in [2.05, 4.69) is 14.7 Å². The van der Waals surface area contributed by atoms with Crippen molar-refractivity contribution in [2.45, 2.75) is 11.9 Å². The summed E-state index contributed by atoms with van der Waals surface area (Å²) in [5.74, 6) is 0.449. The maximum atomic E-state index is 11.2. The first-order chi connectivity index (χ1) is 9.61. The molecule has 0 aliphatic rings. The normalized spacial score (nSPS) is 10.3. The van der Waals surface area contributed by atoms with Crippen molar-refractivity contribution in [1.82, 2.24) is 9.97 Å². The quantitative estimate of drug-likeness (QED) is 0.492. The fourth-order valence-corrected chi connectivity index (χ4v) is 2.58. The number of methoxy groups -OCH3 is 1. The van der Waals surface area contributed by atoms with E-state index < -0.39 is 0 Å². The first-order valence-corrected chi connectivity index (χ1v) is 7.27. The van der Waals surface area contributed by atoms with Crippen LogP contribution in [-0.2, 0) is 9.53 Å². The van der Waals surface area contributed by atoms with Crippen molar-refractivity contribution >= 4 is 29.3 Å². The Morgan fingerprint density at radius 2 is 2.00 bits per heavy atom. The van der Waals surface area contributed by atoms with E-state index in [1.54, 1.807) is 0 Å². The number of rotatable bonds is 4. The molecule has 0 aliphatic heterocycles. The average Bonchev–Trinajstić information content (AvgIpc) is 2.49. The van der Waals surface area contributed by atoms with E-state index in [1.807, 2.05) is 37.3 Å². The van der Waals surface area contributed by atoms with Crippen LogP contribution in [0.4, 0.5) is 0 Å². The molecule has 0 aliphatic carbocycles. The smallest absolute Gasteiger partial charge is 0.316 e. The molecule has 0 spiro atoms. The van der Waals surface area contributed by atoms with Crippen molar-refractivity contribution in [2.24, 2.45) is 0 Å². The molecule has 0 saturated carbocycles. The van der Waals surface area contributed by atoms with E-state index in [4.69, 9.17) is 11.6 Å². The lowest BCUT2D eigenvalue weighted by Gasteiger charge is -2.08. The number of ether oxygens (including phenoxy) is 1. The van der Waals surface area contributed by atoms with Gasteiger partial charge in [0.1, 0.15) is 5.03 Å². The molecule has 6 heteroatoms. The summed E-state index contributed by atoms with van der Waals surface area (Å²) in [5, 5.41) is 1.06. The molecule has 2 aromatic rings. The molecular weight excluding hydrogens is 296 g/mol. The Balaban J connectivity index is 2.32. The third-order valence-corrected chi connectivity index (χ3v) is 4.09. The molecule has 0 fully saturated rings. The summed E-state index contributed by atoms with van der Waals surface area (Å²) in [6.07, 6.45) is 0. The van der Waals surface area contributed by atoms with Crippen molar-refractivity contribution in [3.8, 4) is 11.4 Å². The molecule has 1 heterocycles. The summed E-state index contributed by atoms with van der Waals surface area (Å²) >= 11 is 7.43. The molecule has 2 rings (SSSR count). The number of aryl methyl sites for hydroxylation is 1. The van der Waals surface area contributed by atoms with Crippen LogP contribution in [0.1, 0.15) is 5.69 Å². The third kappa shape index (κ3) is 3.49. The van der Waals surface area contributed by atoms with Gasteiger partial charge in [-0.2, -0.15) is 0 Å². The van der Waals surface area contributed by atoms with E-state index in [0.717, 1.165) is 5.56 Å². The molecule has 4 nitrogen and oxygen atoms in total. The second kappa shape index (κ2) is 6.72. The summed E-state index contributed by atoms with van der Waals surface area (Å²) < 4.78 is 4.61. The first kappa shape index (κ1) is 14.8. The Hall–Kier alpha value is -1.59. The van der Waals surface area contributed by atoms with Gasteiger partial charge in [-0.05, 0) is 6.92 Å². The largest absolute Gasteiger partial charge is 0.468 e. The van der Waals surface area contributed by atoms with E-state index in [1.165, 1.54) is 18.9 Å². The number of carbonyl (C=O) groups excluding carboxylic acids is 1. The van der Waals surface area contributed by atoms with Gasteiger partial charge in [0.2, 0.25) is 0 Å². The Morgan fingerprint density at radius 1 is 1.30 bits per heavy atom. The second-order valence-corrected chi connectivity index (χ2v) is 5.32. The van der Waals surface area contributed by atoms with Gasteiger partial charge in [0.15, 0.2) is 5.82 Å². The van der Waals surface area contributed by atoms with Gasteiger partial charge in [-0.1, -0.05) is 53.7 Å². The number of aromatic nitrogens is 2. The maximum Gasteiger partial charge on any atom is 0.316 e. The second-order valence-electron chi connectivity index (χ2n) is 3.98. The first-order valence-electron chi connectivity index (χ1n) is 5.91. The minimum atomic E-state index is -0.316. The van der Waals surface area contributed by atoms with Gasteiger partial charge in [0, 0.05) is 5.56 Å². The van der Waals surface area contributed by atoms with E-state index in [0.29, 0.717) is 21.6 Å². The number of benzene rings is 1. The fraction of sp³-hybridized carbons (Fsp3) is 0.214. The predicted molar refractivity (Wildman–Crippen MR) is 80.0 cm³/mol. The van der Waals surface area contributed by atoms with Crippen LogP contribution in [0.2, 0.25) is 5.02 Å². The van der Waals surface area contributed by atoms with Crippen LogP contribution >= 0.6 is 23.4 Å². The summed E-state index contributed by atoms with van der Waals surface area (Å²) in [5.41, 5.74) is 1.60.